The fourth-order valence-electron chi connectivity index (χ4n) is 0.456. The zero-order valence-electron chi connectivity index (χ0n) is 8.32. The van der Waals surface area contributed by atoms with Gasteiger partial charge in [0.1, 0.15) is 13.8 Å². The van der Waals surface area contributed by atoms with Gasteiger partial charge in [-0.1, -0.05) is 38.7 Å². The highest BCUT2D eigenvalue weighted by atomic mass is 28.3. The van der Waals surface area contributed by atoms with E-state index in [0.29, 0.717) is 11.3 Å². The number of ether oxygens (including phenoxy) is 1. The Labute approximate surface area is 76.1 Å². The number of methoxy groups -OCH3 is 1. The smallest absolute Gasteiger partial charge is 0.129 e. The summed E-state index contributed by atoms with van der Waals surface area (Å²) in [7, 11) is 0.276. The molecular formula is C10H16OSi. The van der Waals surface area contributed by atoms with E-state index >= 15 is 0 Å². The summed E-state index contributed by atoms with van der Waals surface area (Å²) in [5, 5.41) is 0. The Morgan fingerprint density at radius 3 is 2.08 bits per heavy atom. The molecule has 0 saturated carbocycles. The van der Waals surface area contributed by atoms with Crippen LogP contribution in [0, 0.1) is 11.5 Å². The second-order valence-corrected chi connectivity index (χ2v) is 8.36. The fraction of sp³-hybridized carbons (Fsp3) is 0.400. The molecule has 0 saturated heterocycles. The van der Waals surface area contributed by atoms with E-state index in [1.165, 1.54) is 0 Å². The summed E-state index contributed by atoms with van der Waals surface area (Å²) in [5.74, 6) is 3.52. The predicted molar refractivity (Wildman–Crippen MR) is 56.4 cm³/mol. The maximum atomic E-state index is 4.90. The van der Waals surface area contributed by atoms with Crippen molar-refractivity contribution in [2.45, 2.75) is 19.6 Å². The van der Waals surface area contributed by atoms with E-state index in [2.05, 4.69) is 44.3 Å². The van der Waals surface area contributed by atoms with Crippen LogP contribution in [0.1, 0.15) is 0 Å². The van der Waals surface area contributed by atoms with Crippen molar-refractivity contribution in [3.63, 3.8) is 0 Å². The lowest BCUT2D eigenvalue weighted by Crippen LogP contribution is -2.16. The van der Waals surface area contributed by atoms with Crippen molar-refractivity contribution in [1.82, 2.24) is 0 Å². The molecule has 0 spiro atoms. The highest BCUT2D eigenvalue weighted by Crippen LogP contribution is 2.04. The third-order valence-electron chi connectivity index (χ3n) is 1.17. The molecule has 0 fully saturated rings. The molecule has 0 aliphatic rings. The summed E-state index contributed by atoms with van der Waals surface area (Å²) in [6, 6.07) is 0. The van der Waals surface area contributed by atoms with Crippen molar-refractivity contribution in [3.05, 3.63) is 24.5 Å². The van der Waals surface area contributed by atoms with Gasteiger partial charge in [-0.2, -0.15) is 0 Å². The quantitative estimate of drug-likeness (QED) is 0.275. The monoisotopic (exact) mass is 180 g/mol. The first kappa shape index (κ1) is 11.1. The van der Waals surface area contributed by atoms with Crippen LogP contribution in [0.4, 0.5) is 0 Å². The van der Waals surface area contributed by atoms with Crippen molar-refractivity contribution < 1.29 is 4.74 Å². The van der Waals surface area contributed by atoms with Gasteiger partial charge in [-0.3, -0.25) is 0 Å². The molecule has 2 heteroatoms. The van der Waals surface area contributed by atoms with Crippen LogP contribution in [0.5, 0.6) is 0 Å². The van der Waals surface area contributed by atoms with Gasteiger partial charge >= 0.3 is 0 Å². The standard InChI is InChI=1S/C10H16OSi/c1-9(10(2)11-3)7-8-12(4,5)6/h1-2H2,3-6H3. The average Bonchev–Trinajstić information content (AvgIpc) is 1.97. The van der Waals surface area contributed by atoms with E-state index in [4.69, 9.17) is 4.74 Å². The molecule has 0 aromatic rings. The van der Waals surface area contributed by atoms with Gasteiger partial charge in [-0.05, 0) is 0 Å². The molecule has 0 amide bonds. The Morgan fingerprint density at radius 1 is 1.25 bits per heavy atom. The SMILES string of the molecule is C=C(C#C[Si](C)(C)C)C(=C)OC. The zero-order chi connectivity index (χ0) is 9.78. The molecule has 0 radical (unpaired) electrons. The topological polar surface area (TPSA) is 9.23 Å². The molecule has 66 valence electrons. The summed E-state index contributed by atoms with van der Waals surface area (Å²) in [4.78, 5) is 0. The summed E-state index contributed by atoms with van der Waals surface area (Å²) in [5.41, 5.74) is 3.87. The zero-order valence-corrected chi connectivity index (χ0v) is 9.32. The summed E-state index contributed by atoms with van der Waals surface area (Å²) in [6.45, 7) is 14.0. The van der Waals surface area contributed by atoms with Crippen LogP contribution in [0.25, 0.3) is 0 Å². The van der Waals surface area contributed by atoms with Gasteiger partial charge in [0.15, 0.2) is 0 Å². The van der Waals surface area contributed by atoms with E-state index < -0.39 is 8.07 Å². The minimum atomic E-state index is -1.30. The lowest BCUT2D eigenvalue weighted by Gasteiger charge is -2.05. The van der Waals surface area contributed by atoms with Gasteiger partial charge in [-0.15, -0.1) is 5.54 Å². The average molecular weight is 180 g/mol. The summed E-state index contributed by atoms with van der Waals surface area (Å²) in [6.07, 6.45) is 0. The lowest BCUT2D eigenvalue weighted by molar-refractivity contribution is 0.305. The molecule has 0 aliphatic heterocycles. The van der Waals surface area contributed by atoms with Crippen LogP contribution in [-0.2, 0) is 4.74 Å². The first-order valence-corrected chi connectivity index (χ1v) is 7.32. The van der Waals surface area contributed by atoms with Crippen LogP contribution >= 0.6 is 0 Å². The molecule has 0 aromatic heterocycles. The van der Waals surface area contributed by atoms with E-state index in [0.717, 1.165) is 0 Å². The summed E-state index contributed by atoms with van der Waals surface area (Å²) < 4.78 is 4.90. The molecule has 1 nitrogen and oxygen atoms in total. The highest BCUT2D eigenvalue weighted by Gasteiger charge is 2.07. The first-order chi connectivity index (χ1) is 5.37. The Balaban J connectivity index is 4.34. The van der Waals surface area contributed by atoms with Gasteiger partial charge in [0, 0.05) is 0 Å². The fourth-order valence-corrected chi connectivity index (χ4v) is 0.982. The molecule has 0 rings (SSSR count). The molecule has 0 bridgehead atoms. The molecular weight excluding hydrogens is 164 g/mol. The second kappa shape index (κ2) is 4.17. The number of hydrogen-bond acceptors (Lipinski definition) is 1. The number of hydrogen-bond donors (Lipinski definition) is 0. The Morgan fingerprint density at radius 2 is 1.75 bits per heavy atom. The van der Waals surface area contributed by atoms with Crippen molar-refractivity contribution in [3.8, 4) is 11.5 Å². The third-order valence-corrected chi connectivity index (χ3v) is 2.05. The Bertz CT molecular complexity index is 247. The van der Waals surface area contributed by atoms with Crippen LogP contribution in [0.2, 0.25) is 19.6 Å². The highest BCUT2D eigenvalue weighted by molar-refractivity contribution is 6.83. The van der Waals surface area contributed by atoms with Gasteiger partial charge in [-0.25, -0.2) is 0 Å². The van der Waals surface area contributed by atoms with E-state index in [9.17, 15) is 0 Å². The van der Waals surface area contributed by atoms with Gasteiger partial charge in [0.2, 0.25) is 0 Å². The molecule has 0 unspecified atom stereocenters. The minimum absolute atomic E-state index is 0.556. The normalized spacial score (nSPS) is 9.67. The molecule has 0 N–H and O–H groups in total. The second-order valence-electron chi connectivity index (χ2n) is 3.61. The third kappa shape index (κ3) is 4.81. The Hall–Kier alpha value is -0.943. The van der Waals surface area contributed by atoms with E-state index in [-0.39, 0.29) is 0 Å². The van der Waals surface area contributed by atoms with E-state index in [1.807, 2.05) is 0 Å². The maximum Gasteiger partial charge on any atom is 0.129 e. The van der Waals surface area contributed by atoms with Crippen molar-refractivity contribution >= 4 is 8.07 Å². The summed E-state index contributed by atoms with van der Waals surface area (Å²) >= 11 is 0. The number of rotatable bonds is 2. The van der Waals surface area contributed by atoms with E-state index in [1.54, 1.807) is 7.11 Å². The van der Waals surface area contributed by atoms with Crippen molar-refractivity contribution in [2.75, 3.05) is 7.11 Å². The van der Waals surface area contributed by atoms with Crippen molar-refractivity contribution in [1.29, 1.82) is 0 Å². The van der Waals surface area contributed by atoms with Gasteiger partial charge in [0.05, 0.1) is 12.7 Å². The maximum absolute atomic E-state index is 4.90. The van der Waals surface area contributed by atoms with Crippen LogP contribution < -0.4 is 0 Å². The number of allylic oxidation sites excluding steroid dienone is 1. The minimum Gasteiger partial charge on any atom is -0.496 e. The first-order valence-electron chi connectivity index (χ1n) is 3.82. The van der Waals surface area contributed by atoms with Crippen molar-refractivity contribution in [2.24, 2.45) is 0 Å². The molecule has 0 atom stereocenters. The van der Waals surface area contributed by atoms with Gasteiger partial charge in [0.25, 0.3) is 0 Å². The van der Waals surface area contributed by atoms with Crippen LogP contribution in [0.3, 0.4) is 0 Å². The molecule has 0 heterocycles. The van der Waals surface area contributed by atoms with Crippen LogP contribution in [-0.4, -0.2) is 15.2 Å². The predicted octanol–water partition coefficient (Wildman–Crippen LogP) is 2.58. The molecule has 0 aliphatic carbocycles. The van der Waals surface area contributed by atoms with Crippen LogP contribution in [0.15, 0.2) is 24.5 Å². The molecule has 12 heavy (non-hydrogen) atoms. The largest absolute Gasteiger partial charge is 0.496 e. The Kier molecular flexibility index (Phi) is 3.85. The lowest BCUT2D eigenvalue weighted by atomic mass is 10.3. The molecule has 0 aromatic carbocycles. The van der Waals surface area contributed by atoms with Gasteiger partial charge < -0.3 is 4.74 Å².